The van der Waals surface area contributed by atoms with E-state index in [1.807, 2.05) is 19.1 Å². The first-order valence-electron chi connectivity index (χ1n) is 7.82. The molecule has 0 spiro atoms. The maximum absolute atomic E-state index is 13.4. The van der Waals surface area contributed by atoms with Crippen molar-refractivity contribution in [1.29, 1.82) is 0 Å². The van der Waals surface area contributed by atoms with Crippen LogP contribution in [-0.2, 0) is 9.59 Å². The van der Waals surface area contributed by atoms with Crippen LogP contribution in [0.5, 0.6) is 0 Å². The SMILES string of the molecule is C=CCN1C(=O)C(Nc2cccc(F)c2)=C(c2ccc(C)cc2)C1=O. The van der Waals surface area contributed by atoms with Crippen molar-refractivity contribution in [2.75, 3.05) is 11.9 Å². The number of halogens is 1. The topological polar surface area (TPSA) is 49.4 Å². The summed E-state index contributed by atoms with van der Waals surface area (Å²) in [5.74, 6) is -1.28. The first kappa shape index (κ1) is 16.6. The molecule has 4 nitrogen and oxygen atoms in total. The summed E-state index contributed by atoms with van der Waals surface area (Å²) >= 11 is 0. The Morgan fingerprint density at radius 3 is 2.48 bits per heavy atom. The number of hydrogen-bond donors (Lipinski definition) is 1. The lowest BCUT2D eigenvalue weighted by Gasteiger charge is -2.12. The molecule has 0 saturated heterocycles. The highest BCUT2D eigenvalue weighted by atomic mass is 19.1. The van der Waals surface area contributed by atoms with E-state index in [2.05, 4.69) is 11.9 Å². The molecule has 1 aliphatic rings. The third kappa shape index (κ3) is 3.21. The molecule has 2 aromatic carbocycles. The van der Waals surface area contributed by atoms with Gasteiger partial charge in [0.25, 0.3) is 11.8 Å². The zero-order chi connectivity index (χ0) is 18.0. The summed E-state index contributed by atoms with van der Waals surface area (Å²) in [7, 11) is 0. The van der Waals surface area contributed by atoms with Gasteiger partial charge in [-0.2, -0.15) is 0 Å². The number of benzene rings is 2. The van der Waals surface area contributed by atoms with Crippen molar-refractivity contribution < 1.29 is 14.0 Å². The number of nitrogens with zero attached hydrogens (tertiary/aromatic N) is 1. The van der Waals surface area contributed by atoms with Crippen molar-refractivity contribution in [3.8, 4) is 0 Å². The molecule has 0 unspecified atom stereocenters. The maximum Gasteiger partial charge on any atom is 0.278 e. The molecule has 0 radical (unpaired) electrons. The van der Waals surface area contributed by atoms with E-state index in [1.165, 1.54) is 24.3 Å². The predicted octanol–water partition coefficient (Wildman–Crippen LogP) is 3.51. The highest BCUT2D eigenvalue weighted by molar-refractivity contribution is 6.36. The highest BCUT2D eigenvalue weighted by Gasteiger charge is 2.38. The summed E-state index contributed by atoms with van der Waals surface area (Å²) in [5.41, 5.74) is 2.50. The summed E-state index contributed by atoms with van der Waals surface area (Å²) in [4.78, 5) is 26.5. The molecule has 126 valence electrons. The van der Waals surface area contributed by atoms with Crippen LogP contribution in [0.4, 0.5) is 10.1 Å². The minimum Gasteiger partial charge on any atom is -0.350 e. The van der Waals surface area contributed by atoms with Crippen LogP contribution >= 0.6 is 0 Å². The van der Waals surface area contributed by atoms with Gasteiger partial charge in [0.1, 0.15) is 11.5 Å². The van der Waals surface area contributed by atoms with Crippen molar-refractivity contribution in [3.63, 3.8) is 0 Å². The summed E-state index contributed by atoms with van der Waals surface area (Å²) in [6.07, 6.45) is 1.49. The molecule has 2 amide bonds. The van der Waals surface area contributed by atoms with E-state index < -0.39 is 17.6 Å². The molecule has 0 bridgehead atoms. The highest BCUT2D eigenvalue weighted by Crippen LogP contribution is 2.30. The van der Waals surface area contributed by atoms with Crippen molar-refractivity contribution in [3.05, 3.63) is 83.8 Å². The van der Waals surface area contributed by atoms with Crippen LogP contribution < -0.4 is 5.32 Å². The number of hydrogen-bond acceptors (Lipinski definition) is 3. The average Bonchev–Trinajstić information content (AvgIpc) is 2.81. The van der Waals surface area contributed by atoms with Gasteiger partial charge < -0.3 is 5.32 Å². The lowest BCUT2D eigenvalue weighted by atomic mass is 10.0. The van der Waals surface area contributed by atoms with Crippen LogP contribution in [0.1, 0.15) is 11.1 Å². The summed E-state index contributed by atoms with van der Waals surface area (Å²) < 4.78 is 13.4. The second-order valence-electron chi connectivity index (χ2n) is 5.76. The van der Waals surface area contributed by atoms with E-state index in [0.717, 1.165) is 10.5 Å². The number of nitrogens with one attached hydrogen (secondary N) is 1. The van der Waals surface area contributed by atoms with Gasteiger partial charge >= 0.3 is 0 Å². The first-order chi connectivity index (χ1) is 12.0. The third-order valence-electron chi connectivity index (χ3n) is 3.91. The number of amides is 2. The monoisotopic (exact) mass is 336 g/mol. The summed E-state index contributed by atoms with van der Waals surface area (Å²) in [5, 5.41) is 2.91. The molecule has 3 rings (SSSR count). The maximum atomic E-state index is 13.4. The summed E-state index contributed by atoms with van der Waals surface area (Å²) in [6.45, 7) is 5.64. The normalized spacial score (nSPS) is 14.2. The van der Waals surface area contributed by atoms with E-state index in [0.29, 0.717) is 11.3 Å². The molecule has 1 N–H and O–H groups in total. The molecular weight excluding hydrogens is 319 g/mol. The van der Waals surface area contributed by atoms with E-state index in [-0.39, 0.29) is 17.8 Å². The number of carbonyl (C=O) groups is 2. The fourth-order valence-corrected chi connectivity index (χ4v) is 2.69. The smallest absolute Gasteiger partial charge is 0.278 e. The molecule has 5 heteroatoms. The van der Waals surface area contributed by atoms with Crippen LogP contribution in [-0.4, -0.2) is 23.3 Å². The Morgan fingerprint density at radius 1 is 1.12 bits per heavy atom. The molecule has 0 fully saturated rings. The van der Waals surface area contributed by atoms with Gasteiger partial charge in [0.05, 0.1) is 5.57 Å². The minimum atomic E-state index is -0.454. The Labute approximate surface area is 145 Å². The third-order valence-corrected chi connectivity index (χ3v) is 3.91. The van der Waals surface area contributed by atoms with Gasteiger partial charge in [-0.05, 0) is 30.7 Å². The molecule has 2 aromatic rings. The fourth-order valence-electron chi connectivity index (χ4n) is 2.69. The Hall–Kier alpha value is -3.21. The molecule has 25 heavy (non-hydrogen) atoms. The Balaban J connectivity index is 2.08. The van der Waals surface area contributed by atoms with Crippen molar-refractivity contribution >= 4 is 23.1 Å². The molecular formula is C20H17FN2O2. The van der Waals surface area contributed by atoms with E-state index in [4.69, 9.17) is 0 Å². The van der Waals surface area contributed by atoms with Crippen LogP contribution in [0.25, 0.3) is 5.57 Å². The van der Waals surface area contributed by atoms with Gasteiger partial charge in [-0.3, -0.25) is 14.5 Å². The molecule has 1 heterocycles. The van der Waals surface area contributed by atoms with Crippen molar-refractivity contribution in [2.24, 2.45) is 0 Å². The van der Waals surface area contributed by atoms with E-state index >= 15 is 0 Å². The quantitative estimate of drug-likeness (QED) is 0.671. The first-order valence-corrected chi connectivity index (χ1v) is 7.82. The Kier molecular flexibility index (Phi) is 4.48. The largest absolute Gasteiger partial charge is 0.350 e. The lowest BCUT2D eigenvalue weighted by molar-refractivity contribution is -0.136. The van der Waals surface area contributed by atoms with Gasteiger partial charge in [-0.1, -0.05) is 42.0 Å². The zero-order valence-corrected chi connectivity index (χ0v) is 13.8. The number of aryl methyl sites for hydroxylation is 1. The van der Waals surface area contributed by atoms with Crippen molar-refractivity contribution in [1.82, 2.24) is 4.90 Å². The molecule has 0 atom stereocenters. The van der Waals surface area contributed by atoms with Crippen LogP contribution in [0.2, 0.25) is 0 Å². The summed E-state index contributed by atoms with van der Waals surface area (Å²) in [6, 6.07) is 13.1. The van der Waals surface area contributed by atoms with E-state index in [9.17, 15) is 14.0 Å². The fraction of sp³-hybridized carbons (Fsp3) is 0.100. The Morgan fingerprint density at radius 2 is 1.84 bits per heavy atom. The van der Waals surface area contributed by atoms with Gasteiger partial charge in [-0.25, -0.2) is 4.39 Å². The number of carbonyl (C=O) groups excluding carboxylic acids is 2. The molecule has 0 aromatic heterocycles. The van der Waals surface area contributed by atoms with Crippen LogP contribution in [0.3, 0.4) is 0 Å². The van der Waals surface area contributed by atoms with Crippen LogP contribution in [0.15, 0.2) is 66.9 Å². The number of imide groups is 1. The van der Waals surface area contributed by atoms with E-state index in [1.54, 1.807) is 18.2 Å². The predicted molar refractivity (Wildman–Crippen MR) is 95.0 cm³/mol. The van der Waals surface area contributed by atoms with Gasteiger partial charge in [0.15, 0.2) is 0 Å². The number of rotatable bonds is 5. The standard InChI is InChI=1S/C20H17FN2O2/c1-3-11-23-19(24)17(14-9-7-13(2)8-10-14)18(20(23)25)22-16-6-4-5-15(21)12-16/h3-10,12,22H,1,11H2,2H3. The molecule has 1 aliphatic heterocycles. The minimum absolute atomic E-state index is 0.112. The Bertz CT molecular complexity index is 885. The zero-order valence-electron chi connectivity index (χ0n) is 13.8. The lowest BCUT2D eigenvalue weighted by Crippen LogP contribution is -2.32. The second-order valence-corrected chi connectivity index (χ2v) is 5.76. The number of anilines is 1. The van der Waals surface area contributed by atoms with Gasteiger partial charge in [-0.15, -0.1) is 6.58 Å². The van der Waals surface area contributed by atoms with Gasteiger partial charge in [0, 0.05) is 12.2 Å². The average molecular weight is 336 g/mol. The van der Waals surface area contributed by atoms with Crippen LogP contribution in [0, 0.1) is 12.7 Å². The second kappa shape index (κ2) is 6.73. The molecule has 0 saturated carbocycles. The van der Waals surface area contributed by atoms with Gasteiger partial charge in [0.2, 0.25) is 0 Å². The van der Waals surface area contributed by atoms with Crippen molar-refractivity contribution in [2.45, 2.75) is 6.92 Å². The molecule has 0 aliphatic carbocycles.